The maximum absolute atomic E-state index is 13.4. The van der Waals surface area contributed by atoms with Crippen LogP contribution in [0.1, 0.15) is 25.5 Å². The monoisotopic (exact) mass is 399 g/mol. The number of halogens is 3. The number of nitrogens with zero attached hydrogens (tertiary/aromatic N) is 1. The highest BCUT2D eigenvalue weighted by Gasteiger charge is 2.20. The van der Waals surface area contributed by atoms with Crippen LogP contribution in [0.4, 0.5) is 15.8 Å². The number of amides is 1. The molecule has 6 nitrogen and oxygen atoms in total. The van der Waals surface area contributed by atoms with Crippen LogP contribution in [0.25, 0.3) is 0 Å². The van der Waals surface area contributed by atoms with Gasteiger partial charge in [-0.25, -0.2) is 0 Å². The largest absolute Gasteiger partial charge is 0.324 e. The van der Waals surface area contributed by atoms with Crippen molar-refractivity contribution in [2.75, 3.05) is 5.32 Å². The molecule has 0 aliphatic heterocycles. The lowest BCUT2D eigenvalue weighted by atomic mass is 10.1. The zero-order valence-electron chi connectivity index (χ0n) is 13.9. The molecule has 26 heavy (non-hydrogen) atoms. The van der Waals surface area contributed by atoms with E-state index in [9.17, 15) is 19.3 Å². The SMILES string of the molecule is C[C@@H](N[C@H](C)c1ccc(Cl)cc1Cl)C(=O)Nc1ccc(F)c([N+](=O)[O-])c1. The number of carbonyl (C=O) groups excluding carboxylic acids is 1. The molecule has 0 fully saturated rings. The molecule has 0 saturated heterocycles. The second kappa shape index (κ2) is 8.44. The number of benzene rings is 2. The van der Waals surface area contributed by atoms with E-state index in [1.165, 1.54) is 6.07 Å². The Bertz CT molecular complexity index is 848. The molecule has 138 valence electrons. The predicted octanol–water partition coefficient (Wildman–Crippen LogP) is 4.72. The molecule has 0 aromatic heterocycles. The Hall–Kier alpha value is -2.22. The minimum absolute atomic E-state index is 0.133. The Morgan fingerprint density at radius 1 is 1.19 bits per heavy atom. The molecule has 2 rings (SSSR count). The molecule has 0 radical (unpaired) electrons. The Morgan fingerprint density at radius 2 is 1.88 bits per heavy atom. The highest BCUT2D eigenvalue weighted by atomic mass is 35.5. The summed E-state index contributed by atoms with van der Waals surface area (Å²) in [6.07, 6.45) is 0. The summed E-state index contributed by atoms with van der Waals surface area (Å²) in [5.41, 5.74) is 0.201. The number of nitro benzene ring substituents is 1. The summed E-state index contributed by atoms with van der Waals surface area (Å²) < 4.78 is 13.4. The first-order chi connectivity index (χ1) is 12.2. The standard InChI is InChI=1S/C17H16Cl2FN3O3/c1-9(13-5-3-11(18)7-14(13)19)21-10(2)17(24)22-12-4-6-15(20)16(8-12)23(25)26/h3-10,21H,1-2H3,(H,22,24)/t9-,10-/m1/s1. The summed E-state index contributed by atoms with van der Waals surface area (Å²) in [6, 6.07) is 7.34. The Morgan fingerprint density at radius 3 is 2.50 bits per heavy atom. The third-order valence-electron chi connectivity index (χ3n) is 3.73. The first kappa shape index (κ1) is 20.1. The lowest BCUT2D eigenvalue weighted by molar-refractivity contribution is -0.387. The molecule has 2 aromatic carbocycles. The van der Waals surface area contributed by atoms with Gasteiger partial charge >= 0.3 is 5.69 Å². The van der Waals surface area contributed by atoms with E-state index >= 15 is 0 Å². The normalized spacial score (nSPS) is 13.1. The van der Waals surface area contributed by atoms with Crippen molar-refractivity contribution in [2.45, 2.75) is 25.9 Å². The molecule has 0 heterocycles. The number of rotatable bonds is 6. The molecule has 0 bridgehead atoms. The van der Waals surface area contributed by atoms with Gasteiger partial charge in [-0.05, 0) is 43.7 Å². The average molecular weight is 400 g/mol. The van der Waals surface area contributed by atoms with Gasteiger partial charge in [0, 0.05) is 27.8 Å². The fourth-order valence-corrected chi connectivity index (χ4v) is 2.95. The number of hydrogen-bond donors (Lipinski definition) is 2. The first-order valence-corrected chi connectivity index (χ1v) is 8.40. The second-order valence-electron chi connectivity index (χ2n) is 5.69. The quantitative estimate of drug-likeness (QED) is 0.543. The topological polar surface area (TPSA) is 84.3 Å². The van der Waals surface area contributed by atoms with E-state index in [4.69, 9.17) is 23.2 Å². The number of carbonyl (C=O) groups is 1. The van der Waals surface area contributed by atoms with Crippen molar-refractivity contribution in [3.63, 3.8) is 0 Å². The smallest absolute Gasteiger partial charge is 0.306 e. The molecule has 0 saturated carbocycles. The molecule has 9 heteroatoms. The van der Waals surface area contributed by atoms with Crippen LogP contribution in [0.15, 0.2) is 36.4 Å². The fourth-order valence-electron chi connectivity index (χ4n) is 2.37. The minimum Gasteiger partial charge on any atom is -0.324 e. The van der Waals surface area contributed by atoms with Crippen molar-refractivity contribution in [2.24, 2.45) is 0 Å². The number of anilines is 1. The van der Waals surface area contributed by atoms with Gasteiger partial charge in [0.2, 0.25) is 11.7 Å². The number of nitrogens with one attached hydrogen (secondary N) is 2. The average Bonchev–Trinajstić information content (AvgIpc) is 2.55. The zero-order chi connectivity index (χ0) is 19.4. The molecule has 1 amide bonds. The van der Waals surface area contributed by atoms with Crippen LogP contribution in [0.2, 0.25) is 10.0 Å². The van der Waals surface area contributed by atoms with E-state index < -0.39 is 28.4 Å². The molecule has 2 aromatic rings. The van der Waals surface area contributed by atoms with Crippen LogP contribution < -0.4 is 10.6 Å². The van der Waals surface area contributed by atoms with Crippen molar-refractivity contribution in [1.82, 2.24) is 5.32 Å². The third kappa shape index (κ3) is 4.91. The van der Waals surface area contributed by atoms with E-state index in [1.54, 1.807) is 25.1 Å². The molecule has 0 aliphatic rings. The van der Waals surface area contributed by atoms with Gasteiger partial charge < -0.3 is 5.32 Å². The number of hydrogen-bond acceptors (Lipinski definition) is 4. The summed E-state index contributed by atoms with van der Waals surface area (Å²) in [5, 5.41) is 17.3. The Kier molecular flexibility index (Phi) is 6.52. The number of nitro groups is 1. The second-order valence-corrected chi connectivity index (χ2v) is 6.53. The van der Waals surface area contributed by atoms with E-state index in [0.29, 0.717) is 10.0 Å². The lowest BCUT2D eigenvalue weighted by Gasteiger charge is -2.21. The van der Waals surface area contributed by atoms with Crippen molar-refractivity contribution >= 4 is 40.5 Å². The Labute approximate surface area is 159 Å². The van der Waals surface area contributed by atoms with E-state index in [1.807, 2.05) is 6.92 Å². The van der Waals surface area contributed by atoms with Crippen LogP contribution in [0.3, 0.4) is 0 Å². The van der Waals surface area contributed by atoms with Crippen LogP contribution in [0, 0.1) is 15.9 Å². The molecule has 2 N–H and O–H groups in total. The third-order valence-corrected chi connectivity index (χ3v) is 4.30. The molecular weight excluding hydrogens is 384 g/mol. The van der Waals surface area contributed by atoms with Gasteiger partial charge in [0.1, 0.15) is 0 Å². The summed E-state index contributed by atoms with van der Waals surface area (Å²) in [4.78, 5) is 22.2. The van der Waals surface area contributed by atoms with E-state index in [2.05, 4.69) is 10.6 Å². The van der Waals surface area contributed by atoms with Crippen LogP contribution in [-0.4, -0.2) is 16.9 Å². The van der Waals surface area contributed by atoms with Crippen molar-refractivity contribution < 1.29 is 14.1 Å². The van der Waals surface area contributed by atoms with Gasteiger partial charge in [0.25, 0.3) is 0 Å². The van der Waals surface area contributed by atoms with E-state index in [-0.39, 0.29) is 11.7 Å². The van der Waals surface area contributed by atoms with Gasteiger partial charge in [0.15, 0.2) is 0 Å². The minimum atomic E-state index is -0.967. The summed E-state index contributed by atoms with van der Waals surface area (Å²) in [6.45, 7) is 3.47. The highest BCUT2D eigenvalue weighted by molar-refractivity contribution is 6.35. The maximum atomic E-state index is 13.4. The van der Waals surface area contributed by atoms with Crippen LogP contribution >= 0.6 is 23.2 Å². The lowest BCUT2D eigenvalue weighted by Crippen LogP contribution is -2.39. The summed E-state index contributed by atoms with van der Waals surface area (Å²) >= 11 is 12.0. The van der Waals surface area contributed by atoms with Gasteiger partial charge in [-0.2, -0.15) is 4.39 Å². The Balaban J connectivity index is 2.05. The molecule has 2 atom stereocenters. The summed E-state index contributed by atoms with van der Waals surface area (Å²) in [5.74, 6) is -1.40. The van der Waals surface area contributed by atoms with Crippen molar-refractivity contribution in [3.05, 3.63) is 67.9 Å². The van der Waals surface area contributed by atoms with Gasteiger partial charge in [-0.1, -0.05) is 29.3 Å². The first-order valence-electron chi connectivity index (χ1n) is 7.65. The zero-order valence-corrected chi connectivity index (χ0v) is 15.4. The van der Waals surface area contributed by atoms with Crippen molar-refractivity contribution in [3.8, 4) is 0 Å². The van der Waals surface area contributed by atoms with Gasteiger partial charge in [-0.3, -0.25) is 20.2 Å². The van der Waals surface area contributed by atoms with Gasteiger partial charge in [0.05, 0.1) is 11.0 Å². The van der Waals surface area contributed by atoms with Crippen molar-refractivity contribution in [1.29, 1.82) is 0 Å². The maximum Gasteiger partial charge on any atom is 0.306 e. The molecular formula is C17H16Cl2FN3O3. The van der Waals surface area contributed by atoms with Crippen LogP contribution in [0.5, 0.6) is 0 Å². The molecule has 0 unspecified atom stereocenters. The molecule has 0 spiro atoms. The molecule has 0 aliphatic carbocycles. The highest BCUT2D eigenvalue weighted by Crippen LogP contribution is 2.26. The predicted molar refractivity (Wildman–Crippen MR) is 99.2 cm³/mol. The van der Waals surface area contributed by atoms with E-state index in [0.717, 1.165) is 17.7 Å². The fraction of sp³-hybridized carbons (Fsp3) is 0.235. The van der Waals surface area contributed by atoms with Gasteiger partial charge in [-0.15, -0.1) is 0 Å². The summed E-state index contributed by atoms with van der Waals surface area (Å²) in [7, 11) is 0. The van der Waals surface area contributed by atoms with Crippen LogP contribution in [-0.2, 0) is 4.79 Å².